The van der Waals surface area contributed by atoms with Crippen LogP contribution in [0, 0.1) is 11.8 Å². The number of carbonyl (C=O) groups excluding carboxylic acids is 2. The molecule has 1 saturated carbocycles. The fourth-order valence-corrected chi connectivity index (χ4v) is 4.50. The van der Waals surface area contributed by atoms with Crippen molar-refractivity contribution in [2.24, 2.45) is 11.8 Å². The Morgan fingerprint density at radius 1 is 0.654 bits per heavy atom. The van der Waals surface area contributed by atoms with Crippen molar-refractivity contribution in [1.29, 1.82) is 0 Å². The van der Waals surface area contributed by atoms with E-state index in [9.17, 15) is 9.59 Å². The van der Waals surface area contributed by atoms with Gasteiger partial charge in [-0.1, -0.05) is 84.5 Å². The zero-order valence-electron chi connectivity index (χ0n) is 17.7. The molecular weight excluding hydrogens is 320 g/mol. The van der Waals surface area contributed by atoms with Crippen LogP contribution in [-0.4, -0.2) is 11.6 Å². The lowest BCUT2D eigenvalue weighted by Crippen LogP contribution is -2.22. The van der Waals surface area contributed by atoms with Crippen molar-refractivity contribution in [1.82, 2.24) is 0 Å². The van der Waals surface area contributed by atoms with Gasteiger partial charge >= 0.3 is 0 Å². The van der Waals surface area contributed by atoms with Crippen LogP contribution in [0.25, 0.3) is 0 Å². The molecule has 2 nitrogen and oxygen atoms in total. The summed E-state index contributed by atoms with van der Waals surface area (Å²) in [5.74, 6) is 2.18. The molecule has 2 heteroatoms. The van der Waals surface area contributed by atoms with Crippen LogP contribution in [0.2, 0.25) is 0 Å². The van der Waals surface area contributed by atoms with Crippen molar-refractivity contribution in [2.45, 2.75) is 129 Å². The summed E-state index contributed by atoms with van der Waals surface area (Å²) in [5, 5.41) is 0. The summed E-state index contributed by atoms with van der Waals surface area (Å²) in [6.45, 7) is 4.48. The molecule has 26 heavy (non-hydrogen) atoms. The third-order valence-electron chi connectivity index (χ3n) is 6.21. The summed E-state index contributed by atoms with van der Waals surface area (Å²) in [6.07, 6.45) is 20.0. The van der Waals surface area contributed by atoms with Gasteiger partial charge in [0.05, 0.1) is 0 Å². The van der Waals surface area contributed by atoms with Crippen molar-refractivity contribution < 1.29 is 9.59 Å². The van der Waals surface area contributed by atoms with Crippen LogP contribution in [-0.2, 0) is 9.59 Å². The number of unbranched alkanes of at least 4 members (excludes halogenated alkanes) is 6. The number of hydrogen-bond acceptors (Lipinski definition) is 2. The first-order valence-electron chi connectivity index (χ1n) is 11.7. The molecule has 2 atom stereocenters. The Morgan fingerprint density at radius 2 is 1.23 bits per heavy atom. The molecule has 0 aromatic heterocycles. The highest BCUT2D eigenvalue weighted by Gasteiger charge is 2.26. The second kappa shape index (κ2) is 15.4. The van der Waals surface area contributed by atoms with E-state index in [0.29, 0.717) is 30.3 Å². The van der Waals surface area contributed by atoms with Crippen LogP contribution in [0.15, 0.2) is 0 Å². The van der Waals surface area contributed by atoms with E-state index in [1.807, 2.05) is 0 Å². The third kappa shape index (κ3) is 11.1. The molecule has 2 unspecified atom stereocenters. The van der Waals surface area contributed by atoms with Gasteiger partial charge in [0, 0.05) is 25.7 Å². The summed E-state index contributed by atoms with van der Waals surface area (Å²) in [4.78, 5) is 24.3. The van der Waals surface area contributed by atoms with E-state index in [1.165, 1.54) is 77.0 Å². The van der Waals surface area contributed by atoms with Gasteiger partial charge in [-0.25, -0.2) is 0 Å². The molecule has 152 valence electrons. The predicted octanol–water partition coefficient (Wildman–Crippen LogP) is 7.43. The minimum absolute atomic E-state index is 0.367. The Labute approximate surface area is 162 Å². The molecule has 0 spiro atoms. The van der Waals surface area contributed by atoms with Crippen LogP contribution >= 0.6 is 0 Å². The molecule has 0 bridgehead atoms. The summed E-state index contributed by atoms with van der Waals surface area (Å²) in [7, 11) is 0. The van der Waals surface area contributed by atoms with Crippen LogP contribution in [0.1, 0.15) is 129 Å². The molecule has 0 aliphatic heterocycles. The Kier molecular flexibility index (Phi) is 13.9. The maximum absolute atomic E-state index is 12.4. The highest BCUT2D eigenvalue weighted by molar-refractivity contribution is 5.81. The molecule has 1 rings (SSSR count). The maximum Gasteiger partial charge on any atom is 0.133 e. The lowest BCUT2D eigenvalue weighted by Gasteiger charge is -2.31. The fraction of sp³-hybridized carbons (Fsp3) is 0.917. The van der Waals surface area contributed by atoms with Crippen LogP contribution < -0.4 is 0 Å². The van der Waals surface area contributed by atoms with Gasteiger partial charge in [0.25, 0.3) is 0 Å². The fourth-order valence-electron chi connectivity index (χ4n) is 4.50. The van der Waals surface area contributed by atoms with E-state index in [-0.39, 0.29) is 0 Å². The minimum atomic E-state index is 0.367. The molecule has 1 aliphatic rings. The van der Waals surface area contributed by atoms with Crippen molar-refractivity contribution in [3.8, 4) is 0 Å². The van der Waals surface area contributed by atoms with Gasteiger partial charge in [-0.05, 0) is 31.1 Å². The van der Waals surface area contributed by atoms with E-state index >= 15 is 0 Å². The molecule has 0 aromatic carbocycles. The lowest BCUT2D eigenvalue weighted by molar-refractivity contribution is -0.121. The molecule has 0 N–H and O–H groups in total. The van der Waals surface area contributed by atoms with Gasteiger partial charge in [-0.2, -0.15) is 0 Å². The molecule has 0 saturated heterocycles. The van der Waals surface area contributed by atoms with Crippen LogP contribution in [0.5, 0.6) is 0 Å². The zero-order chi connectivity index (χ0) is 19.0. The van der Waals surface area contributed by atoms with E-state index in [4.69, 9.17) is 0 Å². The van der Waals surface area contributed by atoms with Crippen molar-refractivity contribution in [3.63, 3.8) is 0 Å². The van der Waals surface area contributed by atoms with E-state index in [2.05, 4.69) is 13.8 Å². The van der Waals surface area contributed by atoms with Gasteiger partial charge in [0.2, 0.25) is 0 Å². The topological polar surface area (TPSA) is 34.1 Å². The van der Waals surface area contributed by atoms with Crippen molar-refractivity contribution in [2.75, 3.05) is 0 Å². The molecule has 0 aromatic rings. The highest BCUT2D eigenvalue weighted by atomic mass is 16.1. The Bertz CT molecular complexity index is 374. The quantitative estimate of drug-likeness (QED) is 0.267. The van der Waals surface area contributed by atoms with E-state index < -0.39 is 0 Å². The maximum atomic E-state index is 12.4. The number of rotatable bonds is 16. The summed E-state index contributed by atoms with van der Waals surface area (Å²) in [6, 6.07) is 0. The second-order valence-corrected chi connectivity index (χ2v) is 8.60. The largest absolute Gasteiger partial charge is 0.300 e. The van der Waals surface area contributed by atoms with Gasteiger partial charge < -0.3 is 0 Å². The third-order valence-corrected chi connectivity index (χ3v) is 6.21. The number of carbonyl (C=O) groups is 2. The van der Waals surface area contributed by atoms with Crippen LogP contribution in [0.3, 0.4) is 0 Å². The zero-order valence-corrected chi connectivity index (χ0v) is 17.7. The summed E-state index contributed by atoms with van der Waals surface area (Å²) in [5.41, 5.74) is 0. The highest BCUT2D eigenvalue weighted by Crippen LogP contribution is 2.36. The van der Waals surface area contributed by atoms with Gasteiger partial charge in [-0.3, -0.25) is 9.59 Å². The normalized spacial score (nSPS) is 20.2. The van der Waals surface area contributed by atoms with Gasteiger partial charge in [0.15, 0.2) is 0 Å². The molecule has 0 amide bonds. The average molecular weight is 365 g/mol. The first kappa shape index (κ1) is 23.4. The summed E-state index contributed by atoms with van der Waals surface area (Å²) >= 11 is 0. The standard InChI is InChI=1S/C24H44O2/c1-3-5-7-8-9-10-17-23(25)18-13-19-24(26)20-22-16-12-11-15-21(22)14-6-4-2/h21-22H,3-20H2,1-2H3. The monoisotopic (exact) mass is 364 g/mol. The lowest BCUT2D eigenvalue weighted by atomic mass is 9.74. The Morgan fingerprint density at radius 3 is 1.96 bits per heavy atom. The van der Waals surface area contributed by atoms with Crippen molar-refractivity contribution >= 4 is 11.6 Å². The molecule has 1 aliphatic carbocycles. The molecular formula is C24H44O2. The molecule has 0 heterocycles. The predicted molar refractivity (Wildman–Crippen MR) is 111 cm³/mol. The smallest absolute Gasteiger partial charge is 0.133 e. The first-order valence-corrected chi connectivity index (χ1v) is 11.7. The number of Topliss-reactive ketones (excluding diaryl/α,β-unsaturated/α-hetero) is 2. The summed E-state index contributed by atoms with van der Waals surface area (Å²) < 4.78 is 0. The number of hydrogen-bond donors (Lipinski definition) is 0. The molecule has 1 fully saturated rings. The van der Waals surface area contributed by atoms with E-state index in [1.54, 1.807) is 0 Å². The SMILES string of the molecule is CCCCCCCCC(=O)CCCC(=O)CC1CCCCC1CCCC. The Hall–Kier alpha value is -0.660. The Balaban J connectivity index is 2.10. The first-order chi connectivity index (χ1) is 12.7. The van der Waals surface area contributed by atoms with Crippen LogP contribution in [0.4, 0.5) is 0 Å². The number of ketones is 2. The molecule has 0 radical (unpaired) electrons. The van der Waals surface area contributed by atoms with E-state index in [0.717, 1.165) is 31.6 Å². The minimum Gasteiger partial charge on any atom is -0.300 e. The van der Waals surface area contributed by atoms with Gasteiger partial charge in [0.1, 0.15) is 11.6 Å². The second-order valence-electron chi connectivity index (χ2n) is 8.60. The average Bonchev–Trinajstić information content (AvgIpc) is 2.64. The van der Waals surface area contributed by atoms with Gasteiger partial charge in [-0.15, -0.1) is 0 Å². The van der Waals surface area contributed by atoms with Crippen molar-refractivity contribution in [3.05, 3.63) is 0 Å².